The number of amides is 1. The van der Waals surface area contributed by atoms with Crippen LogP contribution in [-0.4, -0.2) is 20.0 Å². The van der Waals surface area contributed by atoms with E-state index in [-0.39, 0.29) is 17.3 Å². The molecule has 158 valence electrons. The molecule has 4 rings (SSSR count). The summed E-state index contributed by atoms with van der Waals surface area (Å²) in [6.45, 7) is 5.78. The molecule has 4 aromatic rings. The molecule has 0 fully saturated rings. The molecule has 1 amide bonds. The molecule has 2 N–H and O–H groups in total. The number of nitrogens with one attached hydrogen (secondary N) is 2. The topological polar surface area (TPSA) is 81.0 Å². The number of hydrogen-bond donors (Lipinski definition) is 2. The molecule has 0 aliphatic carbocycles. The summed E-state index contributed by atoms with van der Waals surface area (Å²) >= 11 is 0. The van der Waals surface area contributed by atoms with Crippen molar-refractivity contribution in [1.29, 1.82) is 0 Å². The highest BCUT2D eigenvalue weighted by molar-refractivity contribution is 5.96. The van der Waals surface area contributed by atoms with Crippen molar-refractivity contribution in [3.63, 3.8) is 0 Å². The second-order valence-corrected chi connectivity index (χ2v) is 7.15. The third-order valence-corrected chi connectivity index (χ3v) is 5.23. The van der Waals surface area contributed by atoms with Crippen LogP contribution in [0.3, 0.4) is 0 Å². The first-order chi connectivity index (χ1) is 14.9. The summed E-state index contributed by atoms with van der Waals surface area (Å²) < 4.78 is 17.4. The van der Waals surface area contributed by atoms with Gasteiger partial charge in [-0.15, -0.1) is 0 Å². The fourth-order valence-electron chi connectivity index (χ4n) is 3.73. The Bertz CT molecular complexity index is 1360. The van der Waals surface area contributed by atoms with Crippen LogP contribution < -0.4 is 16.4 Å². The Morgan fingerprint density at radius 3 is 2.55 bits per heavy atom. The average molecular weight is 419 g/mol. The van der Waals surface area contributed by atoms with Crippen LogP contribution in [0, 0.1) is 19.7 Å². The predicted molar refractivity (Wildman–Crippen MR) is 118 cm³/mol. The van der Waals surface area contributed by atoms with E-state index in [0.29, 0.717) is 34.4 Å². The van der Waals surface area contributed by atoms with Gasteiger partial charge in [0, 0.05) is 17.9 Å². The fraction of sp³-hybridized carbons (Fsp3) is 0.174. The van der Waals surface area contributed by atoms with Crippen molar-refractivity contribution < 1.29 is 9.18 Å². The minimum absolute atomic E-state index is 0.192. The summed E-state index contributed by atoms with van der Waals surface area (Å²) in [6, 6.07) is 15.1. The van der Waals surface area contributed by atoms with Gasteiger partial charge in [0.2, 0.25) is 5.95 Å². The van der Waals surface area contributed by atoms with E-state index in [1.54, 1.807) is 60.0 Å². The maximum atomic E-state index is 14.3. The lowest BCUT2D eigenvalue weighted by molar-refractivity contribution is 0.0961. The molecule has 0 saturated carbocycles. The zero-order chi connectivity index (χ0) is 22.1. The van der Waals surface area contributed by atoms with Crippen molar-refractivity contribution in [3.05, 3.63) is 87.7 Å². The molecular weight excluding hydrogens is 397 g/mol. The predicted octanol–water partition coefficient (Wildman–Crippen LogP) is 3.72. The van der Waals surface area contributed by atoms with Crippen LogP contribution >= 0.6 is 0 Å². The number of fused-ring (bicyclic) bond motifs is 1. The smallest absolute Gasteiger partial charge is 0.271 e. The molecule has 31 heavy (non-hydrogen) atoms. The summed E-state index contributed by atoms with van der Waals surface area (Å²) in [4.78, 5) is 30.0. The minimum Gasteiger partial charge on any atom is -0.315 e. The van der Waals surface area contributed by atoms with Crippen molar-refractivity contribution >= 4 is 22.8 Å². The molecule has 0 unspecified atom stereocenters. The third kappa shape index (κ3) is 3.56. The van der Waals surface area contributed by atoms with Crippen molar-refractivity contribution in [3.8, 4) is 5.69 Å². The summed E-state index contributed by atoms with van der Waals surface area (Å²) in [6.07, 6.45) is 0. The highest BCUT2D eigenvalue weighted by Crippen LogP contribution is 2.23. The Morgan fingerprint density at radius 2 is 1.81 bits per heavy atom. The number of halogens is 1. The molecule has 0 atom stereocenters. The molecule has 0 bridgehead atoms. The van der Waals surface area contributed by atoms with E-state index in [9.17, 15) is 14.0 Å². The first-order valence-corrected chi connectivity index (χ1v) is 9.92. The summed E-state index contributed by atoms with van der Waals surface area (Å²) in [7, 11) is 0. The number of aromatic nitrogens is 3. The van der Waals surface area contributed by atoms with Crippen LogP contribution in [0.4, 0.5) is 10.3 Å². The summed E-state index contributed by atoms with van der Waals surface area (Å²) in [5.74, 6) is -0.551. The van der Waals surface area contributed by atoms with Gasteiger partial charge >= 0.3 is 0 Å². The van der Waals surface area contributed by atoms with Gasteiger partial charge in [-0.2, -0.15) is 0 Å². The Morgan fingerprint density at radius 1 is 1.10 bits per heavy atom. The Balaban J connectivity index is 1.64. The van der Waals surface area contributed by atoms with Gasteiger partial charge in [-0.05, 0) is 51.1 Å². The van der Waals surface area contributed by atoms with E-state index in [0.717, 1.165) is 5.69 Å². The molecule has 0 spiro atoms. The molecule has 7 nitrogen and oxygen atoms in total. The van der Waals surface area contributed by atoms with Crippen LogP contribution in [0.15, 0.2) is 59.4 Å². The van der Waals surface area contributed by atoms with Crippen LogP contribution in [0.25, 0.3) is 16.6 Å². The second kappa shape index (κ2) is 8.06. The third-order valence-electron chi connectivity index (χ3n) is 5.23. The van der Waals surface area contributed by atoms with E-state index < -0.39 is 5.91 Å². The molecule has 0 aliphatic rings. The highest BCUT2D eigenvalue weighted by Gasteiger charge is 2.19. The molecule has 2 aromatic carbocycles. The number of aryl methyl sites for hydroxylation is 1. The number of nitrogens with zero attached hydrogens (tertiary/aromatic N) is 3. The van der Waals surface area contributed by atoms with Crippen molar-refractivity contribution in [1.82, 2.24) is 19.5 Å². The van der Waals surface area contributed by atoms with Crippen LogP contribution in [0.2, 0.25) is 0 Å². The van der Waals surface area contributed by atoms with Crippen molar-refractivity contribution in [2.24, 2.45) is 0 Å². The highest BCUT2D eigenvalue weighted by atomic mass is 19.1. The van der Waals surface area contributed by atoms with E-state index in [1.165, 1.54) is 10.6 Å². The maximum Gasteiger partial charge on any atom is 0.271 e. The van der Waals surface area contributed by atoms with Gasteiger partial charge in [-0.25, -0.2) is 9.37 Å². The van der Waals surface area contributed by atoms with Crippen LogP contribution in [-0.2, 0) is 6.54 Å². The molecule has 2 heterocycles. The SMILES string of the molecule is CCn1c(NNC(=O)c2cc(C)n(-c3ccccc3F)c2C)nc2ccccc2c1=O. The lowest BCUT2D eigenvalue weighted by atomic mass is 10.2. The van der Waals surface area contributed by atoms with Crippen molar-refractivity contribution in [2.45, 2.75) is 27.3 Å². The largest absolute Gasteiger partial charge is 0.315 e. The van der Waals surface area contributed by atoms with Gasteiger partial charge in [-0.3, -0.25) is 25.0 Å². The van der Waals surface area contributed by atoms with E-state index in [4.69, 9.17) is 0 Å². The molecule has 0 aliphatic heterocycles. The van der Waals surface area contributed by atoms with Gasteiger partial charge in [0.1, 0.15) is 5.82 Å². The van der Waals surface area contributed by atoms with Crippen molar-refractivity contribution in [2.75, 3.05) is 5.43 Å². The number of hydrazine groups is 1. The van der Waals surface area contributed by atoms with E-state index >= 15 is 0 Å². The van der Waals surface area contributed by atoms with E-state index in [1.807, 2.05) is 13.8 Å². The quantitative estimate of drug-likeness (QED) is 0.483. The van der Waals surface area contributed by atoms with E-state index in [2.05, 4.69) is 15.8 Å². The summed E-state index contributed by atoms with van der Waals surface area (Å²) in [5, 5.41) is 0.509. The number of hydrogen-bond acceptors (Lipinski definition) is 4. The minimum atomic E-state index is -0.416. The van der Waals surface area contributed by atoms with Gasteiger partial charge in [-0.1, -0.05) is 24.3 Å². The van der Waals surface area contributed by atoms with Gasteiger partial charge < -0.3 is 4.57 Å². The Labute approximate surface area is 178 Å². The molecule has 0 radical (unpaired) electrons. The number of anilines is 1. The number of carbonyl (C=O) groups is 1. The number of rotatable bonds is 5. The number of benzene rings is 2. The zero-order valence-electron chi connectivity index (χ0n) is 17.4. The number of carbonyl (C=O) groups excluding carboxylic acids is 1. The van der Waals surface area contributed by atoms with Crippen LogP contribution in [0.1, 0.15) is 28.7 Å². The normalized spacial score (nSPS) is 11.0. The average Bonchev–Trinajstić information content (AvgIpc) is 3.06. The van der Waals surface area contributed by atoms with Crippen LogP contribution in [0.5, 0.6) is 0 Å². The molecule has 0 saturated heterocycles. The van der Waals surface area contributed by atoms with Gasteiger partial charge in [0.05, 0.1) is 22.2 Å². The lowest BCUT2D eigenvalue weighted by Crippen LogP contribution is -2.34. The summed E-state index contributed by atoms with van der Waals surface area (Å²) in [5.41, 5.74) is 7.81. The standard InChI is InChI=1S/C23H22FN5O2/c1-4-28-22(31)16-9-5-7-11-19(16)25-23(28)27-26-21(30)17-13-14(2)29(15(17)3)20-12-8-6-10-18(20)24/h5-13H,4H2,1-3H3,(H,25,27)(H,26,30). The Kier molecular flexibility index (Phi) is 5.29. The molecule has 2 aromatic heterocycles. The van der Waals surface area contributed by atoms with Gasteiger partial charge in [0.25, 0.3) is 11.5 Å². The fourth-order valence-corrected chi connectivity index (χ4v) is 3.73. The monoisotopic (exact) mass is 419 g/mol. The number of para-hydroxylation sites is 2. The lowest BCUT2D eigenvalue weighted by Gasteiger charge is -2.14. The molecule has 8 heteroatoms. The van der Waals surface area contributed by atoms with Gasteiger partial charge in [0.15, 0.2) is 0 Å². The first kappa shape index (κ1) is 20.3. The maximum absolute atomic E-state index is 14.3. The first-order valence-electron chi connectivity index (χ1n) is 9.92. The second-order valence-electron chi connectivity index (χ2n) is 7.15. The Hall–Kier alpha value is -3.94. The molecular formula is C23H22FN5O2. The zero-order valence-corrected chi connectivity index (χ0v) is 17.4.